The fraction of sp³-hybridized carbons (Fsp3) is 0.714. The third-order valence-corrected chi connectivity index (χ3v) is 5.32. The lowest BCUT2D eigenvalue weighted by molar-refractivity contribution is -0.122. The smallest absolute Gasteiger partial charge is 0.158 e. The summed E-state index contributed by atoms with van der Waals surface area (Å²) in [6.45, 7) is 1.35. The number of aliphatic hydroxyl groups excluding tert-OH is 2. The van der Waals surface area contributed by atoms with Crippen molar-refractivity contribution in [3.63, 3.8) is 0 Å². The Bertz CT molecular complexity index is 527. The van der Waals surface area contributed by atoms with Crippen molar-refractivity contribution in [1.29, 1.82) is 0 Å². The second-order valence-electron chi connectivity index (χ2n) is 7.64. The number of alkyl halides is 1. The molecule has 0 aromatic rings. The average molecular weight is 401 g/mol. The zero-order valence-electron chi connectivity index (χ0n) is 16.1. The number of carbonyl (C=O) groups excluding carboxylic acids is 2. The first-order valence-corrected chi connectivity index (χ1v) is 10.3. The molecule has 1 fully saturated rings. The Morgan fingerprint density at radius 3 is 2.70 bits per heavy atom. The topological polar surface area (TPSA) is 94.8 Å². The molecule has 1 aliphatic rings. The van der Waals surface area contributed by atoms with Crippen molar-refractivity contribution < 1.29 is 24.9 Å². The van der Waals surface area contributed by atoms with E-state index in [4.69, 9.17) is 16.7 Å². The van der Waals surface area contributed by atoms with Crippen molar-refractivity contribution >= 4 is 23.2 Å². The molecular formula is C21H33ClO5. The first-order valence-electron chi connectivity index (χ1n) is 9.74. The summed E-state index contributed by atoms with van der Waals surface area (Å²) in [7, 11) is 0. The number of aliphatic hydroxyl groups is 3. The second-order valence-corrected chi connectivity index (χ2v) is 8.02. The van der Waals surface area contributed by atoms with Crippen LogP contribution in [0.3, 0.4) is 0 Å². The Labute approximate surface area is 167 Å². The lowest BCUT2D eigenvalue weighted by atomic mass is 9.89. The van der Waals surface area contributed by atoms with Gasteiger partial charge < -0.3 is 15.3 Å². The van der Waals surface area contributed by atoms with Gasteiger partial charge in [0.1, 0.15) is 12.4 Å². The summed E-state index contributed by atoms with van der Waals surface area (Å²) in [5.41, 5.74) is -0.833. The van der Waals surface area contributed by atoms with Gasteiger partial charge in [-0.1, -0.05) is 24.3 Å². The van der Waals surface area contributed by atoms with Crippen LogP contribution in [0.4, 0.5) is 0 Å². The van der Waals surface area contributed by atoms with Gasteiger partial charge in [0.2, 0.25) is 0 Å². The minimum Gasteiger partial charge on any atom is -0.392 e. The molecule has 0 aromatic carbocycles. The Balaban J connectivity index is 2.51. The fourth-order valence-corrected chi connectivity index (χ4v) is 3.55. The van der Waals surface area contributed by atoms with Crippen LogP contribution in [-0.2, 0) is 9.59 Å². The molecule has 27 heavy (non-hydrogen) atoms. The molecule has 1 aliphatic carbocycles. The van der Waals surface area contributed by atoms with E-state index in [0.29, 0.717) is 38.0 Å². The number of halogens is 1. The first kappa shape index (κ1) is 24.0. The number of rotatable bonds is 13. The molecule has 0 bridgehead atoms. The molecule has 0 spiro atoms. The van der Waals surface area contributed by atoms with Gasteiger partial charge in [-0.15, -0.1) is 11.6 Å². The van der Waals surface area contributed by atoms with E-state index >= 15 is 0 Å². The highest BCUT2D eigenvalue weighted by Crippen LogP contribution is 2.33. The van der Waals surface area contributed by atoms with Crippen LogP contribution in [0.1, 0.15) is 58.3 Å². The first-order chi connectivity index (χ1) is 12.8. The van der Waals surface area contributed by atoms with Crippen molar-refractivity contribution in [3.05, 3.63) is 24.3 Å². The normalized spacial score (nSPS) is 25.5. The summed E-state index contributed by atoms with van der Waals surface area (Å²) in [4.78, 5) is 23.2. The van der Waals surface area contributed by atoms with E-state index in [0.717, 1.165) is 12.8 Å². The quantitative estimate of drug-likeness (QED) is 0.251. The van der Waals surface area contributed by atoms with Gasteiger partial charge in [-0.25, -0.2) is 0 Å². The van der Waals surface area contributed by atoms with Crippen LogP contribution in [0, 0.1) is 11.8 Å². The summed E-state index contributed by atoms with van der Waals surface area (Å²) in [6, 6.07) is 0. The highest BCUT2D eigenvalue weighted by Gasteiger charge is 2.39. The highest BCUT2D eigenvalue weighted by molar-refractivity contribution is 6.17. The van der Waals surface area contributed by atoms with Gasteiger partial charge in [0.25, 0.3) is 0 Å². The SMILES string of the molecule is CC(O)(C/C=C/[C@H]1[C@H](O)CC(=O)[C@@H]1C/C=C\CCCC(=O)CO)CCCCl. The van der Waals surface area contributed by atoms with Crippen LogP contribution in [0.2, 0.25) is 0 Å². The minimum atomic E-state index is -0.833. The molecule has 0 amide bonds. The molecule has 3 N–H and O–H groups in total. The number of Topliss-reactive ketones (excluding diaryl/α,β-unsaturated/α-hetero) is 2. The van der Waals surface area contributed by atoms with E-state index in [9.17, 15) is 19.8 Å². The molecule has 154 valence electrons. The maximum Gasteiger partial charge on any atom is 0.158 e. The number of allylic oxidation sites excluding steroid dienone is 2. The van der Waals surface area contributed by atoms with Gasteiger partial charge in [0.15, 0.2) is 5.78 Å². The molecule has 6 heteroatoms. The van der Waals surface area contributed by atoms with Gasteiger partial charge in [-0.3, -0.25) is 9.59 Å². The minimum absolute atomic E-state index is 0.0613. The third-order valence-electron chi connectivity index (χ3n) is 5.06. The molecule has 0 saturated heterocycles. The second kappa shape index (κ2) is 12.4. The predicted molar refractivity (Wildman–Crippen MR) is 107 cm³/mol. The largest absolute Gasteiger partial charge is 0.392 e. The van der Waals surface area contributed by atoms with Crippen molar-refractivity contribution in [2.45, 2.75) is 70.0 Å². The Hall–Kier alpha value is -1.01. The van der Waals surface area contributed by atoms with Crippen LogP contribution in [-0.4, -0.2) is 51.1 Å². The maximum atomic E-state index is 12.2. The Morgan fingerprint density at radius 2 is 2.04 bits per heavy atom. The van der Waals surface area contributed by atoms with Crippen molar-refractivity contribution in [2.24, 2.45) is 11.8 Å². The molecule has 1 unspecified atom stereocenters. The van der Waals surface area contributed by atoms with E-state index in [2.05, 4.69) is 0 Å². The zero-order chi connectivity index (χ0) is 20.3. The van der Waals surface area contributed by atoms with Crippen molar-refractivity contribution in [2.75, 3.05) is 12.5 Å². The van der Waals surface area contributed by atoms with E-state index in [1.165, 1.54) is 0 Å². The highest BCUT2D eigenvalue weighted by atomic mass is 35.5. The maximum absolute atomic E-state index is 12.2. The molecular weight excluding hydrogens is 368 g/mol. The van der Waals surface area contributed by atoms with Crippen LogP contribution in [0.5, 0.6) is 0 Å². The number of ketones is 2. The van der Waals surface area contributed by atoms with Gasteiger partial charge in [-0.2, -0.15) is 0 Å². The van der Waals surface area contributed by atoms with Gasteiger partial charge in [0.05, 0.1) is 11.7 Å². The molecule has 0 aromatic heterocycles. The van der Waals surface area contributed by atoms with Gasteiger partial charge in [-0.05, 0) is 45.4 Å². The predicted octanol–water partition coefficient (Wildman–Crippen LogP) is 2.95. The molecule has 1 rings (SSSR count). The Morgan fingerprint density at radius 1 is 1.30 bits per heavy atom. The van der Waals surface area contributed by atoms with Crippen molar-refractivity contribution in [3.8, 4) is 0 Å². The van der Waals surface area contributed by atoms with Gasteiger partial charge >= 0.3 is 0 Å². The van der Waals surface area contributed by atoms with Crippen LogP contribution >= 0.6 is 11.6 Å². The van der Waals surface area contributed by atoms with E-state index < -0.39 is 18.3 Å². The summed E-state index contributed by atoms with van der Waals surface area (Å²) < 4.78 is 0. The molecule has 0 radical (unpaired) electrons. The van der Waals surface area contributed by atoms with E-state index in [1.807, 2.05) is 24.3 Å². The summed E-state index contributed by atoms with van der Waals surface area (Å²) in [6.07, 6.45) is 11.2. The van der Waals surface area contributed by atoms with Crippen LogP contribution in [0.25, 0.3) is 0 Å². The standard InChI is InChI=1S/C21H33ClO5/c1-21(27,12-7-13-22)11-6-10-18-17(19(25)14-20(18)26)9-5-3-2-4-8-16(24)15-23/h3,5-6,10,17-18,20,23,26-27H,2,4,7-9,11-15H2,1H3/b5-3-,10-6+/t17-,18-,20-,21?/m1/s1. The molecule has 5 nitrogen and oxygen atoms in total. The van der Waals surface area contributed by atoms with Crippen molar-refractivity contribution in [1.82, 2.24) is 0 Å². The van der Waals surface area contributed by atoms with Gasteiger partial charge in [0, 0.05) is 30.6 Å². The monoisotopic (exact) mass is 400 g/mol. The van der Waals surface area contributed by atoms with E-state index in [1.54, 1.807) is 6.92 Å². The number of unbranched alkanes of at least 4 members (excludes halogenated alkanes) is 1. The summed E-state index contributed by atoms with van der Waals surface area (Å²) in [5.74, 6) is -0.0738. The van der Waals surface area contributed by atoms with E-state index in [-0.39, 0.29) is 29.8 Å². The lowest BCUT2D eigenvalue weighted by Gasteiger charge is -2.22. The number of hydrogen-bond donors (Lipinski definition) is 3. The van der Waals surface area contributed by atoms with Crippen LogP contribution < -0.4 is 0 Å². The average Bonchev–Trinajstić information content (AvgIpc) is 2.89. The third kappa shape index (κ3) is 9.15. The summed E-state index contributed by atoms with van der Waals surface area (Å²) >= 11 is 5.67. The Kier molecular flexibility index (Phi) is 11.1. The molecule has 0 heterocycles. The molecule has 4 atom stereocenters. The number of hydrogen-bond acceptors (Lipinski definition) is 5. The fourth-order valence-electron chi connectivity index (χ4n) is 3.41. The summed E-state index contributed by atoms with van der Waals surface area (Å²) in [5, 5.41) is 29.2. The van der Waals surface area contributed by atoms with Crippen LogP contribution in [0.15, 0.2) is 24.3 Å². The number of carbonyl (C=O) groups is 2. The zero-order valence-corrected chi connectivity index (χ0v) is 16.9. The molecule has 1 saturated carbocycles. The molecule has 0 aliphatic heterocycles. The lowest BCUT2D eigenvalue weighted by Crippen LogP contribution is -2.23.